The second-order valence-electron chi connectivity index (χ2n) is 6.93. The maximum atomic E-state index is 13.3. The third kappa shape index (κ3) is 2.81. The molecule has 2 aromatic carbocycles. The third-order valence-electron chi connectivity index (χ3n) is 5.30. The SMILES string of the molecule is O=C1N[C@@]2(CCCCc3ccccc32)C(=O)N1C/C=C/c1ccccc1. The van der Waals surface area contributed by atoms with Crippen LogP contribution < -0.4 is 5.32 Å². The van der Waals surface area contributed by atoms with Crippen LogP contribution in [0.2, 0.25) is 0 Å². The molecule has 0 aromatic heterocycles. The van der Waals surface area contributed by atoms with E-state index >= 15 is 0 Å². The molecule has 26 heavy (non-hydrogen) atoms. The van der Waals surface area contributed by atoms with Gasteiger partial charge in [-0.05, 0) is 42.4 Å². The van der Waals surface area contributed by atoms with Gasteiger partial charge >= 0.3 is 6.03 Å². The molecule has 0 saturated carbocycles. The molecule has 1 aliphatic carbocycles. The topological polar surface area (TPSA) is 49.4 Å². The van der Waals surface area contributed by atoms with Crippen molar-refractivity contribution in [2.45, 2.75) is 31.2 Å². The number of amides is 3. The number of hydrogen-bond acceptors (Lipinski definition) is 2. The molecule has 4 rings (SSSR count). The van der Waals surface area contributed by atoms with Crippen molar-refractivity contribution in [1.29, 1.82) is 0 Å². The van der Waals surface area contributed by atoms with Crippen LogP contribution in [0.25, 0.3) is 6.08 Å². The molecule has 1 fully saturated rings. The highest BCUT2D eigenvalue weighted by Crippen LogP contribution is 2.38. The number of imide groups is 1. The summed E-state index contributed by atoms with van der Waals surface area (Å²) in [6, 6.07) is 17.6. The van der Waals surface area contributed by atoms with Crippen LogP contribution in [0.4, 0.5) is 4.79 Å². The fourth-order valence-corrected chi connectivity index (χ4v) is 4.00. The van der Waals surface area contributed by atoms with Crippen molar-refractivity contribution in [3.8, 4) is 0 Å². The summed E-state index contributed by atoms with van der Waals surface area (Å²) in [7, 11) is 0. The largest absolute Gasteiger partial charge is 0.325 e. The Bertz CT molecular complexity index is 859. The molecule has 4 nitrogen and oxygen atoms in total. The summed E-state index contributed by atoms with van der Waals surface area (Å²) in [6.45, 7) is 0.281. The summed E-state index contributed by atoms with van der Waals surface area (Å²) in [5, 5.41) is 3.02. The number of nitrogens with zero attached hydrogens (tertiary/aromatic N) is 1. The molecule has 1 atom stereocenters. The number of urea groups is 1. The van der Waals surface area contributed by atoms with Crippen molar-refractivity contribution in [2.75, 3.05) is 6.54 Å². The van der Waals surface area contributed by atoms with E-state index in [0.29, 0.717) is 6.42 Å². The summed E-state index contributed by atoms with van der Waals surface area (Å²) >= 11 is 0. The number of nitrogens with one attached hydrogen (secondary N) is 1. The summed E-state index contributed by atoms with van der Waals surface area (Å²) < 4.78 is 0. The quantitative estimate of drug-likeness (QED) is 0.858. The fraction of sp³-hybridized carbons (Fsp3) is 0.273. The van der Waals surface area contributed by atoms with Gasteiger partial charge in [0, 0.05) is 6.54 Å². The van der Waals surface area contributed by atoms with Crippen LogP contribution in [0.5, 0.6) is 0 Å². The first-order valence-corrected chi connectivity index (χ1v) is 9.15. The lowest BCUT2D eigenvalue weighted by Crippen LogP contribution is -2.44. The number of carbonyl (C=O) groups excluding carboxylic acids is 2. The molecule has 3 amide bonds. The number of fused-ring (bicyclic) bond motifs is 2. The average Bonchev–Trinajstić information content (AvgIpc) is 2.81. The van der Waals surface area contributed by atoms with Gasteiger partial charge in [0.25, 0.3) is 5.91 Å². The first-order valence-electron chi connectivity index (χ1n) is 9.15. The molecule has 0 unspecified atom stereocenters. The maximum absolute atomic E-state index is 13.3. The van der Waals surface area contributed by atoms with Gasteiger partial charge < -0.3 is 5.32 Å². The highest BCUT2D eigenvalue weighted by Gasteiger charge is 2.52. The Kier molecular flexibility index (Phi) is 4.33. The van der Waals surface area contributed by atoms with E-state index in [1.165, 1.54) is 10.5 Å². The second-order valence-corrected chi connectivity index (χ2v) is 6.93. The van der Waals surface area contributed by atoms with Crippen molar-refractivity contribution >= 4 is 18.0 Å². The molecule has 1 aliphatic heterocycles. The zero-order chi connectivity index (χ0) is 18.0. The van der Waals surface area contributed by atoms with Crippen LogP contribution in [0, 0.1) is 0 Å². The maximum Gasteiger partial charge on any atom is 0.325 e. The molecular formula is C22H22N2O2. The van der Waals surface area contributed by atoms with E-state index in [1.54, 1.807) is 0 Å². The molecule has 132 valence electrons. The van der Waals surface area contributed by atoms with Crippen molar-refractivity contribution < 1.29 is 9.59 Å². The van der Waals surface area contributed by atoms with Crippen LogP contribution in [0.3, 0.4) is 0 Å². The highest BCUT2D eigenvalue weighted by molar-refractivity contribution is 6.07. The van der Waals surface area contributed by atoms with Gasteiger partial charge in [-0.25, -0.2) is 4.79 Å². The minimum atomic E-state index is -0.898. The van der Waals surface area contributed by atoms with Crippen molar-refractivity contribution in [2.24, 2.45) is 0 Å². The number of rotatable bonds is 3. The normalized spacial score (nSPS) is 22.5. The summed E-state index contributed by atoms with van der Waals surface area (Å²) in [6.07, 6.45) is 7.38. The Morgan fingerprint density at radius 2 is 1.77 bits per heavy atom. The van der Waals surface area contributed by atoms with E-state index in [1.807, 2.05) is 60.7 Å². The third-order valence-corrected chi connectivity index (χ3v) is 5.30. The van der Waals surface area contributed by atoms with Crippen molar-refractivity contribution in [3.63, 3.8) is 0 Å². The Hall–Kier alpha value is -2.88. The second kappa shape index (κ2) is 6.79. The van der Waals surface area contributed by atoms with Crippen molar-refractivity contribution in [1.82, 2.24) is 10.2 Å². The standard InChI is InChI=1S/C22H22N2O2/c25-20-22(15-7-6-13-18-12-4-5-14-19(18)22)23-21(26)24(20)16-8-11-17-9-2-1-3-10-17/h1-5,8-12,14H,6-7,13,15-16H2,(H,23,26)/b11-8+/t22-/m1/s1. The van der Waals surface area contributed by atoms with E-state index in [-0.39, 0.29) is 18.5 Å². The van der Waals surface area contributed by atoms with Crippen LogP contribution >= 0.6 is 0 Å². The zero-order valence-corrected chi connectivity index (χ0v) is 14.7. The number of carbonyl (C=O) groups is 2. The minimum Gasteiger partial charge on any atom is -0.319 e. The molecule has 1 saturated heterocycles. The predicted octanol–water partition coefficient (Wildman–Crippen LogP) is 3.87. The summed E-state index contributed by atoms with van der Waals surface area (Å²) in [5.41, 5.74) is 2.28. The summed E-state index contributed by atoms with van der Waals surface area (Å²) in [5.74, 6) is -0.130. The molecule has 1 spiro atoms. The molecule has 1 N–H and O–H groups in total. The highest BCUT2D eigenvalue weighted by atomic mass is 16.2. The molecule has 0 bridgehead atoms. The van der Waals surface area contributed by atoms with Crippen LogP contribution in [0.15, 0.2) is 60.7 Å². The summed E-state index contributed by atoms with van der Waals surface area (Å²) in [4.78, 5) is 27.2. The molecule has 0 radical (unpaired) electrons. The van der Waals surface area contributed by atoms with Gasteiger partial charge in [0.05, 0.1) is 0 Å². The molecule has 4 heteroatoms. The van der Waals surface area contributed by atoms with Crippen LogP contribution in [-0.2, 0) is 16.8 Å². The first-order chi connectivity index (χ1) is 12.7. The average molecular weight is 346 g/mol. The van der Waals surface area contributed by atoms with E-state index in [9.17, 15) is 9.59 Å². The lowest BCUT2D eigenvalue weighted by Gasteiger charge is -2.27. The predicted molar refractivity (Wildman–Crippen MR) is 101 cm³/mol. The van der Waals surface area contributed by atoms with Gasteiger partial charge in [-0.1, -0.05) is 66.7 Å². The van der Waals surface area contributed by atoms with Gasteiger partial charge in [-0.3, -0.25) is 9.69 Å². The number of benzene rings is 2. The Balaban J connectivity index is 1.60. The molecule has 2 aromatic rings. The number of hydrogen-bond donors (Lipinski definition) is 1. The smallest absolute Gasteiger partial charge is 0.319 e. The zero-order valence-electron chi connectivity index (χ0n) is 14.7. The molecule has 2 aliphatic rings. The minimum absolute atomic E-state index is 0.130. The van der Waals surface area contributed by atoms with Crippen LogP contribution in [0.1, 0.15) is 36.0 Å². The Morgan fingerprint density at radius 1 is 1.00 bits per heavy atom. The lowest BCUT2D eigenvalue weighted by atomic mass is 9.84. The Labute approximate surface area is 153 Å². The lowest BCUT2D eigenvalue weighted by molar-refractivity contribution is -0.131. The van der Waals surface area contributed by atoms with Crippen molar-refractivity contribution in [3.05, 3.63) is 77.4 Å². The number of aryl methyl sites for hydroxylation is 1. The van der Waals surface area contributed by atoms with Gasteiger partial charge in [-0.15, -0.1) is 0 Å². The monoisotopic (exact) mass is 346 g/mol. The van der Waals surface area contributed by atoms with E-state index in [4.69, 9.17) is 0 Å². The van der Waals surface area contributed by atoms with Gasteiger partial charge in [0.2, 0.25) is 0 Å². The van der Waals surface area contributed by atoms with Gasteiger partial charge in [0.15, 0.2) is 0 Å². The van der Waals surface area contributed by atoms with E-state index in [2.05, 4.69) is 11.4 Å². The van der Waals surface area contributed by atoms with E-state index < -0.39 is 5.54 Å². The van der Waals surface area contributed by atoms with Crippen LogP contribution in [-0.4, -0.2) is 23.4 Å². The van der Waals surface area contributed by atoms with Gasteiger partial charge in [0.1, 0.15) is 5.54 Å². The molecular weight excluding hydrogens is 324 g/mol. The fourth-order valence-electron chi connectivity index (χ4n) is 4.00. The first kappa shape index (κ1) is 16.6. The van der Waals surface area contributed by atoms with Gasteiger partial charge in [-0.2, -0.15) is 0 Å². The molecule has 1 heterocycles. The van der Waals surface area contributed by atoms with E-state index in [0.717, 1.165) is 30.4 Å². The Morgan fingerprint density at radius 3 is 2.62 bits per heavy atom.